The molecule has 4 heteroatoms. The minimum Gasteiger partial charge on any atom is -0.334 e. The molecule has 0 saturated heterocycles. The topological polar surface area (TPSA) is 51.8 Å². The van der Waals surface area contributed by atoms with Gasteiger partial charge in [0.1, 0.15) is 0 Å². The molecule has 19 heavy (non-hydrogen) atoms. The van der Waals surface area contributed by atoms with Crippen LogP contribution in [0.2, 0.25) is 0 Å². The standard InChI is InChI=1S/C15H13N3O/c1-10-4-3-5-12(6-10)15-17-14(18-19-15)13-7-11(2)8-16-9-13/h3-9H,1-2H3. The number of aryl methyl sites for hydroxylation is 2. The third-order valence-corrected chi connectivity index (χ3v) is 2.82. The number of nitrogens with zero attached hydrogens (tertiary/aromatic N) is 3. The van der Waals surface area contributed by atoms with Gasteiger partial charge in [-0.1, -0.05) is 22.9 Å². The first kappa shape index (κ1) is 11.6. The fourth-order valence-electron chi connectivity index (χ4n) is 1.91. The fraction of sp³-hybridized carbons (Fsp3) is 0.133. The maximum Gasteiger partial charge on any atom is 0.258 e. The Morgan fingerprint density at radius 3 is 2.58 bits per heavy atom. The summed E-state index contributed by atoms with van der Waals surface area (Å²) in [7, 11) is 0. The molecule has 94 valence electrons. The van der Waals surface area contributed by atoms with Crippen LogP contribution in [0.5, 0.6) is 0 Å². The SMILES string of the molecule is Cc1cncc(-c2noc(-c3cccc(C)c3)n2)c1. The van der Waals surface area contributed by atoms with Crippen molar-refractivity contribution in [2.24, 2.45) is 0 Å². The maximum atomic E-state index is 5.31. The summed E-state index contributed by atoms with van der Waals surface area (Å²) in [5.74, 6) is 1.09. The lowest BCUT2D eigenvalue weighted by molar-refractivity contribution is 0.432. The van der Waals surface area contributed by atoms with Crippen LogP contribution in [0.25, 0.3) is 22.8 Å². The van der Waals surface area contributed by atoms with E-state index in [9.17, 15) is 0 Å². The summed E-state index contributed by atoms with van der Waals surface area (Å²) in [6, 6.07) is 9.97. The van der Waals surface area contributed by atoms with E-state index in [-0.39, 0.29) is 0 Å². The third kappa shape index (κ3) is 2.38. The highest BCUT2D eigenvalue weighted by molar-refractivity contribution is 5.59. The van der Waals surface area contributed by atoms with Crippen molar-refractivity contribution in [2.75, 3.05) is 0 Å². The predicted octanol–water partition coefficient (Wildman–Crippen LogP) is 3.42. The molecule has 0 amide bonds. The Morgan fingerprint density at radius 1 is 0.947 bits per heavy atom. The molecule has 0 atom stereocenters. The molecule has 0 spiro atoms. The van der Waals surface area contributed by atoms with Gasteiger partial charge in [0, 0.05) is 23.5 Å². The molecule has 0 unspecified atom stereocenters. The van der Waals surface area contributed by atoms with Gasteiger partial charge in [-0.05, 0) is 37.6 Å². The van der Waals surface area contributed by atoms with E-state index in [0.717, 1.165) is 22.3 Å². The Balaban J connectivity index is 2.00. The maximum absolute atomic E-state index is 5.31. The molecule has 0 radical (unpaired) electrons. The molecule has 2 aromatic heterocycles. The second-order valence-electron chi connectivity index (χ2n) is 4.54. The van der Waals surface area contributed by atoms with E-state index in [1.807, 2.05) is 44.2 Å². The van der Waals surface area contributed by atoms with Crippen LogP contribution in [0.4, 0.5) is 0 Å². The highest BCUT2D eigenvalue weighted by atomic mass is 16.5. The van der Waals surface area contributed by atoms with Crippen LogP contribution in [0.15, 0.2) is 47.2 Å². The second kappa shape index (κ2) is 4.65. The molecule has 0 aliphatic carbocycles. The monoisotopic (exact) mass is 251 g/mol. The van der Waals surface area contributed by atoms with Gasteiger partial charge in [-0.25, -0.2) is 0 Å². The van der Waals surface area contributed by atoms with Crippen LogP contribution in [0.1, 0.15) is 11.1 Å². The molecule has 0 saturated carbocycles. The molecule has 0 bridgehead atoms. The quantitative estimate of drug-likeness (QED) is 0.700. The Morgan fingerprint density at radius 2 is 1.79 bits per heavy atom. The lowest BCUT2D eigenvalue weighted by Gasteiger charge is -1.96. The Kier molecular flexibility index (Phi) is 2.83. The van der Waals surface area contributed by atoms with Gasteiger partial charge < -0.3 is 4.52 Å². The van der Waals surface area contributed by atoms with E-state index in [1.165, 1.54) is 0 Å². The van der Waals surface area contributed by atoms with Gasteiger partial charge in [0.25, 0.3) is 5.89 Å². The summed E-state index contributed by atoms with van der Waals surface area (Å²) in [4.78, 5) is 8.55. The van der Waals surface area contributed by atoms with Gasteiger partial charge in [0.2, 0.25) is 5.82 Å². The van der Waals surface area contributed by atoms with E-state index in [2.05, 4.69) is 15.1 Å². The number of aromatic nitrogens is 3. The lowest BCUT2D eigenvalue weighted by Crippen LogP contribution is -1.84. The van der Waals surface area contributed by atoms with Gasteiger partial charge in [0.15, 0.2) is 0 Å². The summed E-state index contributed by atoms with van der Waals surface area (Å²) in [6.07, 6.45) is 3.53. The van der Waals surface area contributed by atoms with Crippen molar-refractivity contribution in [1.29, 1.82) is 0 Å². The zero-order chi connectivity index (χ0) is 13.2. The lowest BCUT2D eigenvalue weighted by atomic mass is 10.1. The summed E-state index contributed by atoms with van der Waals surface area (Å²) in [6.45, 7) is 4.02. The van der Waals surface area contributed by atoms with Gasteiger partial charge in [-0.2, -0.15) is 4.98 Å². The van der Waals surface area contributed by atoms with Crippen molar-refractivity contribution in [2.45, 2.75) is 13.8 Å². The molecule has 3 rings (SSSR count). The second-order valence-corrected chi connectivity index (χ2v) is 4.54. The first-order chi connectivity index (χ1) is 9.22. The molecular weight excluding hydrogens is 238 g/mol. The van der Waals surface area contributed by atoms with E-state index < -0.39 is 0 Å². The van der Waals surface area contributed by atoms with E-state index in [0.29, 0.717) is 11.7 Å². The Labute approximate surface area is 111 Å². The Bertz CT molecular complexity index is 659. The normalized spacial score (nSPS) is 10.6. The molecule has 0 fully saturated rings. The van der Waals surface area contributed by atoms with Crippen molar-refractivity contribution in [3.05, 3.63) is 53.9 Å². The first-order valence-electron chi connectivity index (χ1n) is 6.05. The molecule has 0 aliphatic rings. The largest absolute Gasteiger partial charge is 0.334 e. The van der Waals surface area contributed by atoms with Crippen molar-refractivity contribution >= 4 is 0 Å². The van der Waals surface area contributed by atoms with Crippen LogP contribution in [0.3, 0.4) is 0 Å². The molecule has 0 N–H and O–H groups in total. The van der Waals surface area contributed by atoms with Crippen LogP contribution in [-0.2, 0) is 0 Å². The van der Waals surface area contributed by atoms with E-state index in [4.69, 9.17) is 4.52 Å². The summed E-state index contributed by atoms with van der Waals surface area (Å²) < 4.78 is 5.31. The first-order valence-corrected chi connectivity index (χ1v) is 6.05. The number of pyridine rings is 1. The smallest absolute Gasteiger partial charge is 0.258 e. The van der Waals surface area contributed by atoms with Gasteiger partial charge in [0.05, 0.1) is 0 Å². The van der Waals surface area contributed by atoms with Gasteiger partial charge in [-0.15, -0.1) is 0 Å². The predicted molar refractivity (Wildman–Crippen MR) is 72.4 cm³/mol. The number of benzene rings is 1. The van der Waals surface area contributed by atoms with Crippen molar-refractivity contribution in [3.8, 4) is 22.8 Å². The van der Waals surface area contributed by atoms with Crippen LogP contribution < -0.4 is 0 Å². The molecule has 3 aromatic rings. The summed E-state index contributed by atoms with van der Waals surface area (Å²) >= 11 is 0. The summed E-state index contributed by atoms with van der Waals surface area (Å²) in [5, 5.41) is 4.01. The van der Waals surface area contributed by atoms with Crippen molar-refractivity contribution < 1.29 is 4.52 Å². The van der Waals surface area contributed by atoms with Crippen molar-refractivity contribution in [1.82, 2.24) is 15.1 Å². The van der Waals surface area contributed by atoms with Crippen LogP contribution in [-0.4, -0.2) is 15.1 Å². The molecule has 0 aliphatic heterocycles. The average Bonchev–Trinajstić information content (AvgIpc) is 2.88. The van der Waals surface area contributed by atoms with Crippen LogP contribution in [0, 0.1) is 13.8 Å². The number of hydrogen-bond donors (Lipinski definition) is 0. The van der Waals surface area contributed by atoms with E-state index >= 15 is 0 Å². The van der Waals surface area contributed by atoms with Crippen LogP contribution >= 0.6 is 0 Å². The number of hydrogen-bond acceptors (Lipinski definition) is 4. The van der Waals surface area contributed by atoms with Gasteiger partial charge in [-0.3, -0.25) is 4.98 Å². The van der Waals surface area contributed by atoms with Gasteiger partial charge >= 0.3 is 0 Å². The third-order valence-electron chi connectivity index (χ3n) is 2.82. The molecular formula is C15H13N3O. The highest BCUT2D eigenvalue weighted by Crippen LogP contribution is 2.22. The zero-order valence-electron chi connectivity index (χ0n) is 10.8. The minimum absolute atomic E-state index is 0.528. The summed E-state index contributed by atoms with van der Waals surface area (Å²) in [5.41, 5.74) is 4.02. The number of rotatable bonds is 2. The molecule has 2 heterocycles. The van der Waals surface area contributed by atoms with E-state index in [1.54, 1.807) is 12.4 Å². The van der Waals surface area contributed by atoms with Crippen molar-refractivity contribution in [3.63, 3.8) is 0 Å². The molecule has 4 nitrogen and oxygen atoms in total. The zero-order valence-corrected chi connectivity index (χ0v) is 10.8. The average molecular weight is 251 g/mol. The molecule has 1 aromatic carbocycles. The highest BCUT2D eigenvalue weighted by Gasteiger charge is 2.10. The Hall–Kier alpha value is -2.49. The fourth-order valence-corrected chi connectivity index (χ4v) is 1.91. The minimum atomic E-state index is 0.528.